The van der Waals surface area contributed by atoms with E-state index in [4.69, 9.17) is 22.1 Å². The number of anilines is 1. The first-order chi connectivity index (χ1) is 15.2. The lowest BCUT2D eigenvalue weighted by atomic mass is 10.1. The summed E-state index contributed by atoms with van der Waals surface area (Å²) >= 11 is 6.76. The minimum atomic E-state index is -4.00. The number of nitrogens with two attached hydrogens (primary N) is 1. The average Bonchev–Trinajstić information content (AvgIpc) is 3.32. The summed E-state index contributed by atoms with van der Waals surface area (Å²) in [6, 6.07) is 11.8. The molecule has 1 amide bonds. The Balaban J connectivity index is 1.83. The van der Waals surface area contributed by atoms with Gasteiger partial charge in [0, 0.05) is 17.7 Å². The molecule has 0 bridgehead atoms. The predicted molar refractivity (Wildman–Crippen MR) is 120 cm³/mol. The van der Waals surface area contributed by atoms with E-state index in [0.717, 1.165) is 17.4 Å². The first-order valence-electron chi connectivity index (χ1n) is 9.09. The van der Waals surface area contributed by atoms with Crippen LogP contribution in [0, 0.1) is 5.82 Å². The van der Waals surface area contributed by atoms with Gasteiger partial charge in [-0.15, -0.1) is 11.3 Å². The van der Waals surface area contributed by atoms with Gasteiger partial charge in [0.1, 0.15) is 15.8 Å². The smallest absolute Gasteiger partial charge is 0.272 e. The molecule has 0 unspecified atom stereocenters. The number of amides is 1. The Morgan fingerprint density at radius 2 is 2.06 bits per heavy atom. The van der Waals surface area contributed by atoms with E-state index in [9.17, 15) is 17.6 Å². The van der Waals surface area contributed by atoms with Crippen molar-refractivity contribution >= 4 is 55.6 Å². The fourth-order valence-electron chi connectivity index (χ4n) is 3.20. The van der Waals surface area contributed by atoms with Crippen LogP contribution in [0.5, 0.6) is 5.75 Å². The number of ether oxygens (including phenoxy) is 1. The van der Waals surface area contributed by atoms with Crippen molar-refractivity contribution in [2.75, 3.05) is 11.8 Å². The number of fused-ring (bicyclic) bond motifs is 1. The Kier molecular flexibility index (Phi) is 5.80. The molecule has 0 saturated carbocycles. The molecule has 0 aliphatic heterocycles. The summed E-state index contributed by atoms with van der Waals surface area (Å²) in [6.07, 6.45) is 0. The van der Waals surface area contributed by atoms with E-state index in [0.29, 0.717) is 21.0 Å². The number of aromatic nitrogens is 2. The summed E-state index contributed by atoms with van der Waals surface area (Å²) in [5, 5.41) is 4.65. The number of carbonyl (C=O) groups excluding carboxylic acids is 1. The zero-order valence-electron chi connectivity index (χ0n) is 16.5. The molecule has 166 valence electrons. The second-order valence-corrected chi connectivity index (χ2v) is 10.4. The molecule has 0 spiro atoms. The summed E-state index contributed by atoms with van der Waals surface area (Å²) in [5.41, 5.74) is 6.61. The van der Waals surface area contributed by atoms with E-state index >= 15 is 0 Å². The largest absolute Gasteiger partial charge is 0.496 e. The van der Waals surface area contributed by atoms with Crippen molar-refractivity contribution in [1.29, 1.82) is 0 Å². The van der Waals surface area contributed by atoms with Crippen LogP contribution in [-0.2, 0) is 16.6 Å². The molecular weight excluding hydrogens is 479 g/mol. The number of primary amides is 1. The number of nitrogens with zero attached hydrogens (tertiary/aromatic N) is 2. The van der Waals surface area contributed by atoms with Crippen molar-refractivity contribution < 1.29 is 22.3 Å². The molecule has 0 atom stereocenters. The maximum absolute atomic E-state index is 14.3. The third-order valence-corrected chi connectivity index (χ3v) is 7.65. The zero-order chi connectivity index (χ0) is 23.0. The van der Waals surface area contributed by atoms with Gasteiger partial charge in [-0.25, -0.2) is 12.8 Å². The van der Waals surface area contributed by atoms with Crippen molar-refractivity contribution in [2.24, 2.45) is 5.73 Å². The Labute approximate surface area is 191 Å². The van der Waals surface area contributed by atoms with Crippen LogP contribution < -0.4 is 15.2 Å². The molecule has 3 N–H and O–H groups in total. The molecule has 2 heterocycles. The van der Waals surface area contributed by atoms with Gasteiger partial charge in [0.05, 0.1) is 28.9 Å². The number of rotatable bonds is 7. The number of carbonyl (C=O) groups is 1. The van der Waals surface area contributed by atoms with E-state index in [-0.39, 0.29) is 27.7 Å². The van der Waals surface area contributed by atoms with E-state index < -0.39 is 21.7 Å². The molecule has 4 rings (SSSR count). The summed E-state index contributed by atoms with van der Waals surface area (Å²) in [7, 11) is -2.65. The van der Waals surface area contributed by atoms with Gasteiger partial charge in [-0.05, 0) is 29.8 Å². The van der Waals surface area contributed by atoms with Crippen LogP contribution in [0.1, 0.15) is 15.9 Å². The third kappa shape index (κ3) is 4.27. The standard InChI is InChI=1S/C20H16ClFN4O4S2/c1-30-15-9-13(22)8-14-18(15)20(25-32(28,29)17-6-5-16(21)31-17)24-26(14)10-11-3-2-4-12(7-11)19(23)27/h2-9H,10H2,1H3,(H2,23,27)(H,24,25). The zero-order valence-corrected chi connectivity index (χ0v) is 18.9. The Morgan fingerprint density at radius 1 is 1.28 bits per heavy atom. The summed E-state index contributed by atoms with van der Waals surface area (Å²) in [4.78, 5) is 11.5. The van der Waals surface area contributed by atoms with E-state index in [1.807, 2.05) is 0 Å². The number of methoxy groups -OCH3 is 1. The first-order valence-corrected chi connectivity index (χ1v) is 11.8. The van der Waals surface area contributed by atoms with Gasteiger partial charge < -0.3 is 10.5 Å². The fourth-order valence-corrected chi connectivity index (χ4v) is 5.70. The molecule has 12 heteroatoms. The highest BCUT2D eigenvalue weighted by Gasteiger charge is 2.24. The topological polar surface area (TPSA) is 116 Å². The van der Waals surface area contributed by atoms with Crippen LogP contribution >= 0.6 is 22.9 Å². The maximum Gasteiger partial charge on any atom is 0.272 e. The Morgan fingerprint density at radius 3 is 2.72 bits per heavy atom. The van der Waals surface area contributed by atoms with Crippen LogP contribution in [0.3, 0.4) is 0 Å². The molecule has 0 aliphatic carbocycles. The van der Waals surface area contributed by atoms with Crippen molar-refractivity contribution in [3.8, 4) is 5.75 Å². The lowest BCUT2D eigenvalue weighted by Gasteiger charge is -2.07. The van der Waals surface area contributed by atoms with Crippen molar-refractivity contribution in [1.82, 2.24) is 9.78 Å². The Hall–Kier alpha value is -3.15. The molecule has 2 aromatic heterocycles. The quantitative estimate of drug-likeness (QED) is 0.405. The van der Waals surface area contributed by atoms with Crippen LogP contribution in [0.2, 0.25) is 4.34 Å². The highest BCUT2D eigenvalue weighted by Crippen LogP contribution is 2.35. The Bertz CT molecular complexity index is 1450. The van der Waals surface area contributed by atoms with Gasteiger partial charge in [0.25, 0.3) is 10.0 Å². The second-order valence-electron chi connectivity index (χ2n) is 6.74. The SMILES string of the molecule is COc1cc(F)cc2c1c(NS(=O)(=O)c1ccc(Cl)s1)nn2Cc1cccc(C(N)=O)c1. The number of benzene rings is 2. The monoisotopic (exact) mass is 494 g/mol. The van der Waals surface area contributed by atoms with Crippen LogP contribution in [0.15, 0.2) is 52.7 Å². The van der Waals surface area contributed by atoms with Gasteiger partial charge in [-0.1, -0.05) is 23.7 Å². The molecule has 4 aromatic rings. The van der Waals surface area contributed by atoms with Gasteiger partial charge >= 0.3 is 0 Å². The van der Waals surface area contributed by atoms with E-state index in [1.54, 1.807) is 24.3 Å². The number of sulfonamides is 1. The van der Waals surface area contributed by atoms with Gasteiger partial charge in [-0.3, -0.25) is 14.2 Å². The van der Waals surface area contributed by atoms with Crippen LogP contribution in [0.4, 0.5) is 10.2 Å². The number of nitrogens with one attached hydrogen (secondary N) is 1. The van der Waals surface area contributed by atoms with E-state index in [2.05, 4.69) is 9.82 Å². The molecule has 8 nitrogen and oxygen atoms in total. The molecule has 0 radical (unpaired) electrons. The van der Waals surface area contributed by atoms with Crippen LogP contribution in [0.25, 0.3) is 10.9 Å². The lowest BCUT2D eigenvalue weighted by molar-refractivity contribution is 0.1000. The van der Waals surface area contributed by atoms with Gasteiger partial charge in [0.15, 0.2) is 5.82 Å². The van der Waals surface area contributed by atoms with Crippen molar-refractivity contribution in [2.45, 2.75) is 10.8 Å². The normalized spacial score (nSPS) is 11.6. The minimum Gasteiger partial charge on any atom is -0.496 e. The average molecular weight is 495 g/mol. The second kappa shape index (κ2) is 8.41. The lowest BCUT2D eigenvalue weighted by Crippen LogP contribution is -2.13. The minimum absolute atomic E-state index is 0.000405. The summed E-state index contributed by atoms with van der Waals surface area (Å²) < 4.78 is 49.4. The van der Waals surface area contributed by atoms with Gasteiger partial charge in [0.2, 0.25) is 5.91 Å². The predicted octanol–water partition coefficient (Wildman–Crippen LogP) is 3.85. The molecule has 0 aliphatic rings. The maximum atomic E-state index is 14.3. The molecule has 0 fully saturated rings. The highest BCUT2D eigenvalue weighted by molar-refractivity contribution is 7.94. The van der Waals surface area contributed by atoms with Crippen molar-refractivity contribution in [3.05, 3.63) is 69.8 Å². The molecule has 0 saturated heterocycles. The molecule has 32 heavy (non-hydrogen) atoms. The molecular formula is C20H16ClFN4O4S2. The number of hydrogen-bond donors (Lipinski definition) is 2. The number of hydrogen-bond acceptors (Lipinski definition) is 6. The molecule has 2 aromatic carbocycles. The van der Waals surface area contributed by atoms with Gasteiger partial charge in [-0.2, -0.15) is 5.10 Å². The highest BCUT2D eigenvalue weighted by atomic mass is 35.5. The number of thiophene rings is 1. The van der Waals surface area contributed by atoms with Crippen LogP contribution in [-0.4, -0.2) is 31.2 Å². The summed E-state index contributed by atoms with van der Waals surface area (Å²) in [6.45, 7) is 0.122. The van der Waals surface area contributed by atoms with E-state index in [1.165, 1.54) is 30.0 Å². The van der Waals surface area contributed by atoms with Crippen molar-refractivity contribution in [3.63, 3.8) is 0 Å². The fraction of sp³-hybridized carbons (Fsp3) is 0.100. The third-order valence-electron chi connectivity index (χ3n) is 4.59. The number of halogens is 2. The first kappa shape index (κ1) is 22.1. The summed E-state index contributed by atoms with van der Waals surface area (Å²) in [5.74, 6) is -1.10.